The summed E-state index contributed by atoms with van der Waals surface area (Å²) in [6.07, 6.45) is 0. The van der Waals surface area contributed by atoms with Gasteiger partial charge >= 0.3 is 0 Å². The summed E-state index contributed by atoms with van der Waals surface area (Å²) in [5.74, 6) is 0.748. The quantitative estimate of drug-likeness (QED) is 0.805. The Hall–Kier alpha value is -1.71. The number of hydrogen-bond acceptors (Lipinski definition) is 2. The molecule has 3 nitrogen and oxygen atoms in total. The fourth-order valence-corrected chi connectivity index (χ4v) is 2.36. The number of para-hydroxylation sites is 2. The van der Waals surface area contributed by atoms with E-state index in [0.29, 0.717) is 39.6 Å². The van der Waals surface area contributed by atoms with E-state index >= 15 is 0 Å². The number of nitrogens with one attached hydrogen (secondary N) is 1. The number of halogens is 2. The van der Waals surface area contributed by atoms with Gasteiger partial charge in [0.1, 0.15) is 5.75 Å². The summed E-state index contributed by atoms with van der Waals surface area (Å²) in [5, 5.41) is 3.66. The second-order valence-corrected chi connectivity index (χ2v) is 6.19. The van der Waals surface area contributed by atoms with Gasteiger partial charge in [-0.3, -0.25) is 4.79 Å². The lowest BCUT2D eigenvalue weighted by Crippen LogP contribution is -2.14. The zero-order chi connectivity index (χ0) is 16.1. The number of anilines is 1. The third-order valence-corrected chi connectivity index (χ3v) is 3.27. The molecule has 0 aliphatic heterocycles. The topological polar surface area (TPSA) is 38.3 Å². The average molecular weight is 338 g/mol. The van der Waals surface area contributed by atoms with Crippen molar-refractivity contribution in [1.29, 1.82) is 0 Å². The lowest BCUT2D eigenvalue weighted by molar-refractivity contribution is 0.102. The van der Waals surface area contributed by atoms with E-state index < -0.39 is 0 Å². The van der Waals surface area contributed by atoms with Crippen LogP contribution in [-0.2, 0) is 0 Å². The molecule has 2 aromatic rings. The molecule has 0 radical (unpaired) electrons. The Balaban J connectivity index is 2.17. The Morgan fingerprint density at radius 2 is 1.77 bits per heavy atom. The van der Waals surface area contributed by atoms with Crippen LogP contribution in [0.3, 0.4) is 0 Å². The highest BCUT2D eigenvalue weighted by Gasteiger charge is 2.11. The van der Waals surface area contributed by atoms with E-state index in [4.69, 9.17) is 27.9 Å². The summed E-state index contributed by atoms with van der Waals surface area (Å²) in [6, 6.07) is 12.0. The Morgan fingerprint density at radius 3 is 2.41 bits per heavy atom. The average Bonchev–Trinajstić information content (AvgIpc) is 2.45. The molecule has 1 amide bonds. The SMILES string of the molecule is CC(C)COc1ccccc1NC(=O)c1cc(Cl)cc(Cl)c1. The Kier molecular flexibility index (Phi) is 5.69. The van der Waals surface area contributed by atoms with Crippen LogP contribution in [0.2, 0.25) is 10.0 Å². The van der Waals surface area contributed by atoms with Crippen LogP contribution in [0, 0.1) is 5.92 Å². The number of benzene rings is 2. The number of carbonyl (C=O) groups is 1. The van der Waals surface area contributed by atoms with Crippen molar-refractivity contribution in [3.63, 3.8) is 0 Å². The molecule has 22 heavy (non-hydrogen) atoms. The molecule has 2 rings (SSSR count). The van der Waals surface area contributed by atoms with Gasteiger partial charge in [-0.2, -0.15) is 0 Å². The van der Waals surface area contributed by atoms with Crippen molar-refractivity contribution in [2.24, 2.45) is 5.92 Å². The van der Waals surface area contributed by atoms with Gasteiger partial charge in [-0.05, 0) is 36.2 Å². The molecule has 0 bridgehead atoms. The normalized spacial score (nSPS) is 10.6. The zero-order valence-electron chi connectivity index (χ0n) is 12.4. The summed E-state index contributed by atoms with van der Waals surface area (Å²) in [4.78, 5) is 12.3. The number of rotatable bonds is 5. The van der Waals surface area contributed by atoms with Gasteiger partial charge in [-0.1, -0.05) is 49.2 Å². The minimum absolute atomic E-state index is 0.287. The minimum atomic E-state index is -0.287. The second-order valence-electron chi connectivity index (χ2n) is 5.31. The highest BCUT2D eigenvalue weighted by Crippen LogP contribution is 2.26. The number of carbonyl (C=O) groups excluding carboxylic acids is 1. The number of ether oxygens (including phenoxy) is 1. The molecule has 0 aliphatic rings. The lowest BCUT2D eigenvalue weighted by atomic mass is 10.2. The van der Waals surface area contributed by atoms with Crippen molar-refractivity contribution in [1.82, 2.24) is 0 Å². The van der Waals surface area contributed by atoms with E-state index in [-0.39, 0.29) is 5.91 Å². The van der Waals surface area contributed by atoms with Crippen molar-refractivity contribution in [3.8, 4) is 5.75 Å². The van der Waals surface area contributed by atoms with Gasteiger partial charge in [0.15, 0.2) is 0 Å². The van der Waals surface area contributed by atoms with E-state index in [2.05, 4.69) is 19.2 Å². The molecule has 0 saturated heterocycles. The maximum Gasteiger partial charge on any atom is 0.255 e. The van der Waals surface area contributed by atoms with Crippen molar-refractivity contribution in [3.05, 3.63) is 58.1 Å². The predicted molar refractivity (Wildman–Crippen MR) is 91.2 cm³/mol. The molecule has 0 unspecified atom stereocenters. The molecule has 5 heteroatoms. The van der Waals surface area contributed by atoms with E-state index in [9.17, 15) is 4.79 Å². The highest BCUT2D eigenvalue weighted by molar-refractivity contribution is 6.35. The summed E-state index contributed by atoms with van der Waals surface area (Å²) in [5.41, 5.74) is 1.01. The van der Waals surface area contributed by atoms with E-state index in [1.54, 1.807) is 24.3 Å². The van der Waals surface area contributed by atoms with Gasteiger partial charge in [0.2, 0.25) is 0 Å². The molecule has 0 spiro atoms. The summed E-state index contributed by atoms with van der Waals surface area (Å²) >= 11 is 11.8. The lowest BCUT2D eigenvalue weighted by Gasteiger charge is -2.14. The fraction of sp³-hybridized carbons (Fsp3) is 0.235. The summed E-state index contributed by atoms with van der Waals surface area (Å²) < 4.78 is 5.72. The third kappa shape index (κ3) is 4.65. The first-order chi connectivity index (χ1) is 10.5. The molecule has 0 fully saturated rings. The molecule has 0 saturated carbocycles. The van der Waals surface area contributed by atoms with Gasteiger partial charge in [0.25, 0.3) is 5.91 Å². The highest BCUT2D eigenvalue weighted by atomic mass is 35.5. The van der Waals surface area contributed by atoms with Gasteiger partial charge in [0.05, 0.1) is 12.3 Å². The maximum atomic E-state index is 12.3. The monoisotopic (exact) mass is 337 g/mol. The standard InChI is InChI=1S/C17H17Cl2NO2/c1-11(2)10-22-16-6-4-3-5-15(16)20-17(21)12-7-13(18)9-14(19)8-12/h3-9,11H,10H2,1-2H3,(H,20,21). The van der Waals surface area contributed by atoms with Crippen LogP contribution in [0.1, 0.15) is 24.2 Å². The van der Waals surface area contributed by atoms with Crippen LogP contribution in [0.15, 0.2) is 42.5 Å². The Bertz CT molecular complexity index is 651. The van der Waals surface area contributed by atoms with Crippen LogP contribution in [0.5, 0.6) is 5.75 Å². The Morgan fingerprint density at radius 1 is 1.14 bits per heavy atom. The molecular weight excluding hydrogens is 321 g/mol. The van der Waals surface area contributed by atoms with Crippen molar-refractivity contribution in [2.75, 3.05) is 11.9 Å². The predicted octanol–water partition coefficient (Wildman–Crippen LogP) is 5.28. The largest absolute Gasteiger partial charge is 0.491 e. The molecule has 0 heterocycles. The first-order valence-corrected chi connectivity index (χ1v) is 7.70. The summed E-state index contributed by atoms with van der Waals surface area (Å²) in [6.45, 7) is 4.71. The van der Waals surface area contributed by atoms with Crippen LogP contribution >= 0.6 is 23.2 Å². The van der Waals surface area contributed by atoms with E-state index in [0.717, 1.165) is 0 Å². The van der Waals surface area contributed by atoms with Crippen molar-refractivity contribution in [2.45, 2.75) is 13.8 Å². The molecule has 116 valence electrons. The third-order valence-electron chi connectivity index (χ3n) is 2.83. The molecule has 0 aromatic heterocycles. The van der Waals surface area contributed by atoms with Crippen molar-refractivity contribution >= 4 is 34.8 Å². The second kappa shape index (κ2) is 7.52. The Labute approximate surface area is 140 Å². The molecule has 2 aromatic carbocycles. The minimum Gasteiger partial charge on any atom is -0.491 e. The molecule has 0 atom stereocenters. The van der Waals surface area contributed by atoms with Crippen LogP contribution in [0.25, 0.3) is 0 Å². The molecule has 1 N–H and O–H groups in total. The first kappa shape index (κ1) is 16.7. The van der Waals surface area contributed by atoms with Gasteiger partial charge in [-0.15, -0.1) is 0 Å². The van der Waals surface area contributed by atoms with E-state index in [1.807, 2.05) is 18.2 Å². The molecule has 0 aliphatic carbocycles. The summed E-state index contributed by atoms with van der Waals surface area (Å²) in [7, 11) is 0. The van der Waals surface area contributed by atoms with Crippen LogP contribution in [0.4, 0.5) is 5.69 Å². The number of hydrogen-bond donors (Lipinski definition) is 1. The van der Waals surface area contributed by atoms with Crippen LogP contribution in [-0.4, -0.2) is 12.5 Å². The van der Waals surface area contributed by atoms with Crippen LogP contribution < -0.4 is 10.1 Å². The maximum absolute atomic E-state index is 12.3. The fourth-order valence-electron chi connectivity index (χ4n) is 1.83. The van der Waals surface area contributed by atoms with Gasteiger partial charge in [0, 0.05) is 15.6 Å². The number of amides is 1. The zero-order valence-corrected chi connectivity index (χ0v) is 13.9. The smallest absolute Gasteiger partial charge is 0.255 e. The van der Waals surface area contributed by atoms with Gasteiger partial charge in [-0.25, -0.2) is 0 Å². The van der Waals surface area contributed by atoms with Gasteiger partial charge < -0.3 is 10.1 Å². The van der Waals surface area contributed by atoms with Crippen molar-refractivity contribution < 1.29 is 9.53 Å². The molecular formula is C17H17Cl2NO2. The van der Waals surface area contributed by atoms with E-state index in [1.165, 1.54) is 0 Å². The first-order valence-electron chi connectivity index (χ1n) is 6.95.